The van der Waals surface area contributed by atoms with E-state index < -0.39 is 6.04 Å². The van der Waals surface area contributed by atoms with E-state index >= 15 is 0 Å². The first kappa shape index (κ1) is 20.0. The molecule has 28 heavy (non-hydrogen) atoms. The van der Waals surface area contributed by atoms with E-state index in [0.29, 0.717) is 40.3 Å². The number of rotatable bonds is 7. The Morgan fingerprint density at radius 3 is 2.46 bits per heavy atom. The van der Waals surface area contributed by atoms with Crippen molar-refractivity contribution in [3.8, 4) is 11.3 Å². The molecule has 3 rings (SSSR count). The number of aromatic nitrogens is 2. The second-order valence-corrected chi connectivity index (χ2v) is 7.27. The molecule has 2 atom stereocenters. The molecule has 2 aromatic carbocycles. The fourth-order valence-corrected chi connectivity index (χ4v) is 3.83. The molecule has 0 aliphatic carbocycles. The van der Waals surface area contributed by atoms with Crippen LogP contribution in [0, 0.1) is 21.2 Å². The Hall–Kier alpha value is -2.73. The van der Waals surface area contributed by atoms with E-state index in [1.54, 1.807) is 25.1 Å². The Bertz CT molecular complexity index is 995. The molecule has 1 heterocycles. The molecule has 3 aromatic rings. The molecule has 0 aliphatic rings. The van der Waals surface area contributed by atoms with Crippen molar-refractivity contribution >= 4 is 22.5 Å². The van der Waals surface area contributed by atoms with Crippen molar-refractivity contribution in [2.24, 2.45) is 5.92 Å². The van der Waals surface area contributed by atoms with Gasteiger partial charge in [0.25, 0.3) is 0 Å². The highest BCUT2D eigenvalue weighted by atomic mass is 35.5. The predicted molar refractivity (Wildman–Crippen MR) is 110 cm³/mol. The van der Waals surface area contributed by atoms with Gasteiger partial charge in [-0.2, -0.15) is 0 Å². The van der Waals surface area contributed by atoms with Crippen LogP contribution in [0.2, 0.25) is 5.02 Å². The summed E-state index contributed by atoms with van der Waals surface area (Å²) in [6.45, 7) is 3.71. The second-order valence-electron chi connectivity index (χ2n) is 6.83. The largest absolute Gasteiger partial charge is 0.710 e. The van der Waals surface area contributed by atoms with Crippen molar-refractivity contribution in [1.82, 2.24) is 4.98 Å². The van der Waals surface area contributed by atoms with Gasteiger partial charge in [0, 0.05) is 27.8 Å². The lowest BCUT2D eigenvalue weighted by Crippen LogP contribution is -2.40. The van der Waals surface area contributed by atoms with Crippen molar-refractivity contribution in [3.05, 3.63) is 74.7 Å². The lowest BCUT2D eigenvalue weighted by atomic mass is 9.91. The molecule has 0 radical (unpaired) electrons. The molecular formula is C21H22ClN3O3. The van der Waals surface area contributed by atoms with Gasteiger partial charge in [-0.3, -0.25) is 10.1 Å². The van der Waals surface area contributed by atoms with Gasteiger partial charge >= 0.3 is 5.82 Å². The first-order chi connectivity index (χ1) is 13.5. The molecule has 0 bridgehead atoms. The van der Waals surface area contributed by atoms with Gasteiger partial charge in [-0.25, -0.2) is 4.73 Å². The van der Waals surface area contributed by atoms with E-state index in [9.17, 15) is 15.3 Å². The molecule has 0 spiro atoms. The van der Waals surface area contributed by atoms with E-state index in [1.165, 1.54) is 0 Å². The second kappa shape index (κ2) is 8.52. The summed E-state index contributed by atoms with van der Waals surface area (Å²) in [5.41, 5.74) is 1.87. The van der Waals surface area contributed by atoms with Crippen LogP contribution in [-0.4, -0.2) is 15.9 Å². The van der Waals surface area contributed by atoms with Crippen LogP contribution >= 0.6 is 11.6 Å². The number of benzene rings is 2. The third kappa shape index (κ3) is 3.92. The normalized spacial score (nSPS) is 13.4. The molecular weight excluding hydrogens is 378 g/mol. The molecule has 0 saturated heterocycles. The highest BCUT2D eigenvalue weighted by Crippen LogP contribution is 2.28. The molecule has 146 valence electrons. The summed E-state index contributed by atoms with van der Waals surface area (Å²) < 4.78 is 0.809. The Morgan fingerprint density at radius 1 is 1.14 bits per heavy atom. The maximum Gasteiger partial charge on any atom is 0.303 e. The molecule has 1 aromatic heterocycles. The molecule has 0 aliphatic heterocycles. The van der Waals surface area contributed by atoms with E-state index in [2.05, 4.69) is 4.98 Å². The Balaban J connectivity index is 2.18. The zero-order chi connectivity index (χ0) is 20.3. The van der Waals surface area contributed by atoms with Gasteiger partial charge in [-0.15, -0.1) is 0 Å². The lowest BCUT2D eigenvalue weighted by molar-refractivity contribution is -0.606. The van der Waals surface area contributed by atoms with Crippen molar-refractivity contribution in [1.29, 1.82) is 0 Å². The minimum absolute atomic E-state index is 0.248. The molecule has 7 heteroatoms. The van der Waals surface area contributed by atoms with Gasteiger partial charge in [-0.05, 0) is 29.6 Å². The Morgan fingerprint density at radius 2 is 1.86 bits per heavy atom. The minimum atomic E-state index is -0.701. The van der Waals surface area contributed by atoms with Gasteiger partial charge < -0.3 is 5.21 Å². The number of halogens is 1. The fraction of sp³-hybridized carbons (Fsp3) is 0.333. The molecule has 0 amide bonds. The first-order valence-electron chi connectivity index (χ1n) is 9.36. The number of hydrogen-bond donors (Lipinski definition) is 0. The molecule has 0 fully saturated rings. The van der Waals surface area contributed by atoms with Gasteiger partial charge in [0.1, 0.15) is 5.69 Å². The Labute approximate surface area is 168 Å². The highest BCUT2D eigenvalue weighted by Gasteiger charge is 2.32. The van der Waals surface area contributed by atoms with Crippen LogP contribution in [0.1, 0.15) is 32.5 Å². The minimum Gasteiger partial charge on any atom is -0.710 e. The average Bonchev–Trinajstić information content (AvgIpc) is 2.68. The van der Waals surface area contributed by atoms with Crippen LogP contribution in [0.15, 0.2) is 48.5 Å². The van der Waals surface area contributed by atoms with E-state index in [4.69, 9.17) is 11.6 Å². The zero-order valence-electron chi connectivity index (χ0n) is 15.8. The summed E-state index contributed by atoms with van der Waals surface area (Å²) in [5.74, 6) is 0.0295. The summed E-state index contributed by atoms with van der Waals surface area (Å²) in [5, 5.41) is 25.9. The predicted octanol–water partition coefficient (Wildman–Crippen LogP) is 4.81. The van der Waals surface area contributed by atoms with Gasteiger partial charge in [0.05, 0.1) is 11.8 Å². The van der Waals surface area contributed by atoms with Gasteiger partial charge in [0.15, 0.2) is 5.52 Å². The quantitative estimate of drug-likeness (QED) is 0.247. The van der Waals surface area contributed by atoms with E-state index in [1.807, 2.05) is 37.3 Å². The maximum absolute atomic E-state index is 13.3. The van der Waals surface area contributed by atoms with Crippen molar-refractivity contribution < 1.29 is 9.65 Å². The van der Waals surface area contributed by atoms with Crippen LogP contribution in [0.3, 0.4) is 0 Å². The van der Waals surface area contributed by atoms with Crippen molar-refractivity contribution in [3.63, 3.8) is 0 Å². The van der Waals surface area contributed by atoms with Crippen LogP contribution < -0.4 is 4.73 Å². The van der Waals surface area contributed by atoms with Crippen LogP contribution in [-0.2, 0) is 6.42 Å². The smallest absolute Gasteiger partial charge is 0.303 e. The summed E-state index contributed by atoms with van der Waals surface area (Å²) >= 11 is 6.16. The summed E-state index contributed by atoms with van der Waals surface area (Å²) in [7, 11) is 0. The third-order valence-electron chi connectivity index (χ3n) is 5.15. The average molecular weight is 400 g/mol. The standard InChI is InChI=1S/C21H22ClN3O3/c1-3-14(19(4-2)25(27)28)12-20-23-18-11-10-16(22)13-17(18)21(24(20)26)15-8-6-5-7-9-15/h5-11,13-14,19H,3-4,12H2,1-2H3. The lowest BCUT2D eigenvalue weighted by Gasteiger charge is -2.19. The fourth-order valence-electron chi connectivity index (χ4n) is 3.66. The monoisotopic (exact) mass is 399 g/mol. The van der Waals surface area contributed by atoms with Crippen molar-refractivity contribution in [2.45, 2.75) is 39.2 Å². The molecule has 6 nitrogen and oxygen atoms in total. The zero-order valence-corrected chi connectivity index (χ0v) is 16.6. The van der Waals surface area contributed by atoms with E-state index in [-0.39, 0.29) is 17.3 Å². The van der Waals surface area contributed by atoms with Crippen LogP contribution in [0.4, 0.5) is 0 Å². The maximum atomic E-state index is 13.3. The SMILES string of the molecule is CCC(Cc1nc2ccc(Cl)cc2c(-c2ccccc2)[n+]1[O-])C(CC)[N+](=O)[O-]. The topological polar surface area (TPSA) is 83.0 Å². The number of nitro groups is 1. The third-order valence-corrected chi connectivity index (χ3v) is 5.39. The number of fused-ring (bicyclic) bond motifs is 1. The Kier molecular flexibility index (Phi) is 6.09. The van der Waals surface area contributed by atoms with Gasteiger partial charge in [0.2, 0.25) is 6.04 Å². The summed E-state index contributed by atoms with van der Waals surface area (Å²) in [6, 6.07) is 13.9. The number of hydrogen-bond acceptors (Lipinski definition) is 4. The van der Waals surface area contributed by atoms with Crippen LogP contribution in [0.5, 0.6) is 0 Å². The van der Waals surface area contributed by atoms with E-state index in [0.717, 1.165) is 10.3 Å². The van der Waals surface area contributed by atoms with Crippen molar-refractivity contribution in [2.75, 3.05) is 0 Å². The summed E-state index contributed by atoms with van der Waals surface area (Å²) in [6.07, 6.45) is 1.26. The summed E-state index contributed by atoms with van der Waals surface area (Å²) in [4.78, 5) is 15.7. The van der Waals surface area contributed by atoms with Crippen LogP contribution in [0.25, 0.3) is 22.2 Å². The van der Waals surface area contributed by atoms with Gasteiger partial charge in [-0.1, -0.05) is 55.8 Å². The molecule has 0 saturated carbocycles. The molecule has 2 unspecified atom stereocenters. The first-order valence-corrected chi connectivity index (χ1v) is 9.74. The molecule has 0 N–H and O–H groups in total. The highest BCUT2D eigenvalue weighted by molar-refractivity contribution is 6.31. The number of nitrogens with zero attached hydrogens (tertiary/aromatic N) is 3.